The minimum atomic E-state index is -1.33. The van der Waals surface area contributed by atoms with E-state index in [4.69, 9.17) is 19.9 Å². The van der Waals surface area contributed by atoms with Crippen LogP contribution in [0.25, 0.3) is 0 Å². The van der Waals surface area contributed by atoms with Gasteiger partial charge in [0.2, 0.25) is 5.88 Å². The van der Waals surface area contributed by atoms with Crippen LogP contribution in [0.1, 0.15) is 25.3 Å². The lowest BCUT2D eigenvalue weighted by molar-refractivity contribution is -0.162. The molecule has 2 N–H and O–H groups in total. The van der Waals surface area contributed by atoms with Gasteiger partial charge in [0.1, 0.15) is 11.8 Å². The van der Waals surface area contributed by atoms with Crippen molar-refractivity contribution in [3.05, 3.63) is 41.3 Å². The first-order chi connectivity index (χ1) is 11.5. The number of allylic oxidation sites excluding steroid dienone is 1. The van der Waals surface area contributed by atoms with E-state index in [1.807, 2.05) is 6.07 Å². The summed E-state index contributed by atoms with van der Waals surface area (Å²) >= 11 is 0. The molecule has 0 bridgehead atoms. The Hall–Kier alpha value is -3.01. The van der Waals surface area contributed by atoms with Gasteiger partial charge in [-0.3, -0.25) is 9.59 Å². The van der Waals surface area contributed by atoms with Crippen LogP contribution in [-0.4, -0.2) is 25.2 Å². The fraction of sp³-hybridized carbons (Fsp3) is 0.353. The Labute approximate surface area is 139 Å². The highest BCUT2D eigenvalue weighted by Gasteiger charge is 2.44. The fourth-order valence-electron chi connectivity index (χ4n) is 2.62. The van der Waals surface area contributed by atoms with E-state index in [1.54, 1.807) is 38.1 Å². The number of fused-ring (bicyclic) bond motifs is 1. The normalized spacial score (nSPS) is 16.0. The SMILES string of the molecule is CCOC(=O)C(C(=O)OCC)[C@H]1C(C#N)=C(N)Oc2ccccc21. The topological polar surface area (TPSA) is 112 Å². The maximum absolute atomic E-state index is 12.4. The van der Waals surface area contributed by atoms with Gasteiger partial charge in [0, 0.05) is 5.56 Å². The molecule has 0 aromatic heterocycles. The van der Waals surface area contributed by atoms with E-state index >= 15 is 0 Å². The van der Waals surface area contributed by atoms with E-state index in [0.29, 0.717) is 11.3 Å². The monoisotopic (exact) mass is 330 g/mol. The molecule has 7 heteroatoms. The molecule has 0 amide bonds. The Kier molecular flexibility index (Phi) is 5.42. The molecular weight excluding hydrogens is 312 g/mol. The highest BCUT2D eigenvalue weighted by atomic mass is 16.6. The molecule has 126 valence electrons. The molecule has 0 aliphatic carbocycles. The zero-order chi connectivity index (χ0) is 17.7. The molecule has 0 unspecified atom stereocenters. The third-order valence-corrected chi connectivity index (χ3v) is 3.59. The van der Waals surface area contributed by atoms with Crippen LogP contribution in [0.15, 0.2) is 35.7 Å². The molecule has 0 spiro atoms. The van der Waals surface area contributed by atoms with Crippen LogP contribution in [0, 0.1) is 17.2 Å². The van der Waals surface area contributed by atoms with Crippen molar-refractivity contribution < 1.29 is 23.8 Å². The van der Waals surface area contributed by atoms with E-state index in [0.717, 1.165) is 0 Å². The smallest absolute Gasteiger partial charge is 0.321 e. The molecule has 7 nitrogen and oxygen atoms in total. The summed E-state index contributed by atoms with van der Waals surface area (Å²) in [5.74, 6) is -3.53. The van der Waals surface area contributed by atoms with Crippen molar-refractivity contribution in [1.82, 2.24) is 0 Å². The zero-order valence-electron chi connectivity index (χ0n) is 13.4. The lowest BCUT2D eigenvalue weighted by Gasteiger charge is -2.29. The molecular formula is C17H18N2O5. The van der Waals surface area contributed by atoms with Crippen molar-refractivity contribution >= 4 is 11.9 Å². The maximum Gasteiger partial charge on any atom is 0.321 e. The maximum atomic E-state index is 12.4. The molecule has 0 fully saturated rings. The molecule has 1 aliphatic heterocycles. The van der Waals surface area contributed by atoms with Gasteiger partial charge in [-0.25, -0.2) is 0 Å². The van der Waals surface area contributed by atoms with Gasteiger partial charge >= 0.3 is 11.9 Å². The molecule has 0 saturated carbocycles. The van der Waals surface area contributed by atoms with Crippen molar-refractivity contribution in [1.29, 1.82) is 5.26 Å². The molecule has 1 aromatic rings. The summed E-state index contributed by atoms with van der Waals surface area (Å²) in [5.41, 5.74) is 6.32. The number of para-hydroxylation sites is 1. The number of hydrogen-bond acceptors (Lipinski definition) is 7. The number of nitriles is 1. The van der Waals surface area contributed by atoms with Crippen molar-refractivity contribution in [2.24, 2.45) is 11.7 Å². The summed E-state index contributed by atoms with van der Waals surface area (Å²) in [7, 11) is 0. The second-order valence-corrected chi connectivity index (χ2v) is 4.99. The van der Waals surface area contributed by atoms with Crippen LogP contribution >= 0.6 is 0 Å². The quantitative estimate of drug-likeness (QED) is 0.644. The number of benzene rings is 1. The standard InChI is InChI=1S/C17H18N2O5/c1-3-22-16(20)14(17(21)23-4-2)13-10-7-5-6-8-12(10)24-15(19)11(13)9-18/h5-8,13-14H,3-4,19H2,1-2H3/t13-/m1/s1. The number of hydrogen-bond donors (Lipinski definition) is 1. The number of ether oxygens (including phenoxy) is 3. The molecule has 0 saturated heterocycles. The number of rotatable bonds is 5. The van der Waals surface area contributed by atoms with E-state index in [1.165, 1.54) is 0 Å². The number of carbonyl (C=O) groups is 2. The second-order valence-electron chi connectivity index (χ2n) is 4.99. The first-order valence-electron chi connectivity index (χ1n) is 7.54. The third kappa shape index (κ3) is 3.18. The van der Waals surface area contributed by atoms with Gasteiger partial charge in [-0.05, 0) is 19.9 Å². The van der Waals surface area contributed by atoms with Crippen molar-refractivity contribution in [3.63, 3.8) is 0 Å². The largest absolute Gasteiger partial charge is 0.465 e. The van der Waals surface area contributed by atoms with Crippen LogP contribution in [0.5, 0.6) is 5.75 Å². The molecule has 0 radical (unpaired) electrons. The molecule has 1 heterocycles. The first kappa shape index (κ1) is 17.3. The lowest BCUT2D eigenvalue weighted by atomic mass is 9.79. The lowest BCUT2D eigenvalue weighted by Crippen LogP contribution is -2.36. The summed E-state index contributed by atoms with van der Waals surface area (Å²) in [6, 6.07) is 8.71. The average molecular weight is 330 g/mol. The summed E-state index contributed by atoms with van der Waals surface area (Å²) < 4.78 is 15.5. The molecule has 1 aliphatic rings. The Balaban J connectivity index is 2.59. The molecule has 24 heavy (non-hydrogen) atoms. The van der Waals surface area contributed by atoms with Gasteiger partial charge in [-0.2, -0.15) is 5.26 Å². The van der Waals surface area contributed by atoms with Crippen molar-refractivity contribution in [2.45, 2.75) is 19.8 Å². The van der Waals surface area contributed by atoms with Crippen molar-refractivity contribution in [2.75, 3.05) is 13.2 Å². The number of nitrogens with two attached hydrogens (primary N) is 1. The van der Waals surface area contributed by atoms with E-state index in [2.05, 4.69) is 0 Å². The van der Waals surface area contributed by atoms with Gasteiger partial charge in [-0.1, -0.05) is 18.2 Å². The Morgan fingerprint density at radius 1 is 1.25 bits per heavy atom. The minimum absolute atomic E-state index is 0.000180. The Bertz CT molecular complexity index is 702. The van der Waals surface area contributed by atoms with Crippen LogP contribution in [0.4, 0.5) is 0 Å². The summed E-state index contributed by atoms with van der Waals surface area (Å²) in [5, 5.41) is 9.46. The predicted octanol–water partition coefficient (Wildman–Crippen LogP) is 1.60. The van der Waals surface area contributed by atoms with Crippen LogP contribution in [0.2, 0.25) is 0 Å². The predicted molar refractivity (Wildman–Crippen MR) is 83.4 cm³/mol. The summed E-state index contributed by atoms with van der Waals surface area (Å²) in [6.07, 6.45) is 0. The minimum Gasteiger partial charge on any atom is -0.465 e. The van der Waals surface area contributed by atoms with Crippen molar-refractivity contribution in [3.8, 4) is 11.8 Å². The molecule has 2 rings (SSSR count). The Morgan fingerprint density at radius 3 is 2.38 bits per heavy atom. The highest BCUT2D eigenvalue weighted by molar-refractivity contribution is 5.97. The fourth-order valence-corrected chi connectivity index (χ4v) is 2.62. The average Bonchev–Trinajstić information content (AvgIpc) is 2.55. The number of esters is 2. The number of carbonyl (C=O) groups excluding carboxylic acids is 2. The van der Waals surface area contributed by atoms with Gasteiger partial charge in [0.05, 0.1) is 24.7 Å². The van der Waals surface area contributed by atoms with Gasteiger partial charge in [-0.15, -0.1) is 0 Å². The van der Waals surface area contributed by atoms with Crippen LogP contribution in [0.3, 0.4) is 0 Å². The highest BCUT2D eigenvalue weighted by Crippen LogP contribution is 2.42. The zero-order valence-corrected chi connectivity index (χ0v) is 13.4. The van der Waals surface area contributed by atoms with Crippen LogP contribution in [-0.2, 0) is 19.1 Å². The molecule has 1 atom stereocenters. The van der Waals surface area contributed by atoms with E-state index in [-0.39, 0.29) is 24.7 Å². The number of nitrogens with zero attached hydrogens (tertiary/aromatic N) is 1. The van der Waals surface area contributed by atoms with Crippen LogP contribution < -0.4 is 10.5 Å². The van der Waals surface area contributed by atoms with Gasteiger partial charge in [0.15, 0.2) is 5.92 Å². The summed E-state index contributed by atoms with van der Waals surface area (Å²) in [4.78, 5) is 24.8. The summed E-state index contributed by atoms with van der Waals surface area (Å²) in [6.45, 7) is 3.46. The second kappa shape index (κ2) is 7.51. The van der Waals surface area contributed by atoms with E-state index < -0.39 is 23.8 Å². The van der Waals surface area contributed by atoms with E-state index in [9.17, 15) is 14.9 Å². The first-order valence-corrected chi connectivity index (χ1v) is 7.54. The van der Waals surface area contributed by atoms with Gasteiger partial charge < -0.3 is 19.9 Å². The molecule has 1 aromatic carbocycles. The Morgan fingerprint density at radius 2 is 1.83 bits per heavy atom. The van der Waals surface area contributed by atoms with Gasteiger partial charge in [0.25, 0.3) is 0 Å². The third-order valence-electron chi connectivity index (χ3n) is 3.59.